The van der Waals surface area contributed by atoms with E-state index in [1.807, 2.05) is 59.5 Å². The van der Waals surface area contributed by atoms with Gasteiger partial charge in [-0.05, 0) is 67.7 Å². The van der Waals surface area contributed by atoms with Gasteiger partial charge in [0.05, 0.1) is 5.41 Å². The highest BCUT2D eigenvalue weighted by molar-refractivity contribution is 5.93. The van der Waals surface area contributed by atoms with Crippen LogP contribution in [0.2, 0.25) is 0 Å². The van der Waals surface area contributed by atoms with Gasteiger partial charge in [0.1, 0.15) is 12.1 Å². The second kappa shape index (κ2) is 13.3. The molecule has 3 atom stereocenters. The number of carbonyl (C=O) groups excluding carboxylic acids is 3. The van der Waals surface area contributed by atoms with E-state index in [1.54, 1.807) is 9.80 Å². The van der Waals surface area contributed by atoms with Gasteiger partial charge in [0.15, 0.2) is 0 Å². The second-order valence-corrected chi connectivity index (χ2v) is 12.6. The zero-order valence-corrected chi connectivity index (χ0v) is 25.5. The van der Waals surface area contributed by atoms with Gasteiger partial charge in [-0.3, -0.25) is 14.4 Å². The summed E-state index contributed by atoms with van der Waals surface area (Å²) >= 11 is 0. The van der Waals surface area contributed by atoms with Crippen LogP contribution < -0.4 is 5.73 Å². The molecule has 3 aliphatic heterocycles. The van der Waals surface area contributed by atoms with E-state index in [1.165, 1.54) is 0 Å². The Morgan fingerprint density at radius 2 is 1.11 bits per heavy atom. The molecule has 0 bridgehead atoms. The number of amides is 3. The fourth-order valence-electron chi connectivity index (χ4n) is 7.77. The van der Waals surface area contributed by atoms with Crippen molar-refractivity contribution in [2.75, 3.05) is 32.7 Å². The third-order valence-electron chi connectivity index (χ3n) is 10.1. The number of hydrogen-bond donors (Lipinski definition) is 1. The molecule has 0 aliphatic carbocycles. The molecule has 6 rings (SSSR count). The lowest BCUT2D eigenvalue weighted by molar-refractivity contribution is -0.149. The average Bonchev–Trinajstić information content (AvgIpc) is 3.79. The summed E-state index contributed by atoms with van der Waals surface area (Å²) < 4.78 is 0. The molecular weight excluding hydrogens is 548 g/mol. The molecule has 1 unspecified atom stereocenters. The molecule has 2 N–H and O–H groups in total. The molecule has 0 aromatic heterocycles. The van der Waals surface area contributed by atoms with Crippen molar-refractivity contribution in [3.8, 4) is 0 Å². The fraction of sp³-hybridized carbons (Fsp3) is 0.432. The third-order valence-corrected chi connectivity index (χ3v) is 10.1. The summed E-state index contributed by atoms with van der Waals surface area (Å²) in [4.78, 5) is 47.9. The molecule has 3 aromatic rings. The van der Waals surface area contributed by atoms with Crippen LogP contribution in [0.1, 0.15) is 61.6 Å². The third kappa shape index (κ3) is 5.77. The zero-order chi connectivity index (χ0) is 30.5. The van der Waals surface area contributed by atoms with Crippen molar-refractivity contribution in [1.82, 2.24) is 14.7 Å². The van der Waals surface area contributed by atoms with Crippen LogP contribution in [-0.2, 0) is 19.8 Å². The van der Waals surface area contributed by atoms with Gasteiger partial charge in [0.25, 0.3) is 0 Å². The van der Waals surface area contributed by atoms with Gasteiger partial charge < -0.3 is 20.4 Å². The Hall–Kier alpha value is -3.97. The number of nitrogens with zero attached hydrogens (tertiary/aromatic N) is 3. The topological polar surface area (TPSA) is 86.9 Å². The first-order valence-electron chi connectivity index (χ1n) is 16.3. The standard InChI is InChI=1S/C37H44N4O3/c38-26-28-13-10-22-39(27-28)35(43)32-20-12-24-41(32)36(44)33-21-11-23-40(33)34(42)25-37(29-14-4-1-5-15-29,30-16-6-2-7-17-30)31-18-8-3-9-19-31/h1-9,14-19,28,32-33H,10-13,20-27,38H2/t28?,32-,33+/m1/s1. The van der Waals surface area contributed by atoms with Gasteiger partial charge in [-0.15, -0.1) is 0 Å². The molecule has 3 amide bonds. The van der Waals surface area contributed by atoms with E-state index in [2.05, 4.69) is 36.4 Å². The first kappa shape index (κ1) is 30.1. The molecule has 230 valence electrons. The predicted octanol–water partition coefficient (Wildman–Crippen LogP) is 4.59. The SMILES string of the molecule is NCC1CCCN(C(=O)[C@H]2CCCN2C(=O)[C@@H]2CCCN2C(=O)CC(c2ccccc2)(c2ccccc2)c2ccccc2)C1. The lowest BCUT2D eigenvalue weighted by Gasteiger charge is -2.39. The molecule has 3 saturated heterocycles. The highest BCUT2D eigenvalue weighted by Crippen LogP contribution is 2.43. The van der Waals surface area contributed by atoms with Crippen molar-refractivity contribution in [3.05, 3.63) is 108 Å². The Kier molecular flexibility index (Phi) is 9.12. The van der Waals surface area contributed by atoms with E-state index >= 15 is 0 Å². The maximum atomic E-state index is 14.5. The lowest BCUT2D eigenvalue weighted by Crippen LogP contribution is -2.55. The summed E-state index contributed by atoms with van der Waals surface area (Å²) in [5.41, 5.74) is 8.32. The minimum absolute atomic E-state index is 0.0405. The van der Waals surface area contributed by atoms with Crippen LogP contribution in [0.4, 0.5) is 0 Å². The number of benzene rings is 3. The first-order valence-corrected chi connectivity index (χ1v) is 16.3. The Balaban J connectivity index is 1.28. The van der Waals surface area contributed by atoms with E-state index in [4.69, 9.17) is 5.73 Å². The maximum Gasteiger partial charge on any atom is 0.246 e. The fourth-order valence-corrected chi connectivity index (χ4v) is 7.77. The molecule has 7 nitrogen and oxygen atoms in total. The molecular formula is C37H44N4O3. The van der Waals surface area contributed by atoms with E-state index in [-0.39, 0.29) is 24.1 Å². The molecule has 7 heteroatoms. The van der Waals surface area contributed by atoms with Crippen molar-refractivity contribution in [1.29, 1.82) is 0 Å². The smallest absolute Gasteiger partial charge is 0.246 e. The quantitative estimate of drug-likeness (QED) is 0.388. The molecule has 0 spiro atoms. The maximum absolute atomic E-state index is 14.5. The zero-order valence-electron chi connectivity index (χ0n) is 25.5. The number of piperidine rings is 1. The van der Waals surface area contributed by atoms with Crippen LogP contribution in [-0.4, -0.2) is 77.2 Å². The van der Waals surface area contributed by atoms with Crippen LogP contribution in [0.15, 0.2) is 91.0 Å². The van der Waals surface area contributed by atoms with Crippen LogP contribution in [0.25, 0.3) is 0 Å². The number of carbonyl (C=O) groups is 3. The number of rotatable bonds is 8. The summed E-state index contributed by atoms with van der Waals surface area (Å²) in [5, 5.41) is 0. The highest BCUT2D eigenvalue weighted by Gasteiger charge is 2.46. The van der Waals surface area contributed by atoms with Crippen molar-refractivity contribution in [2.24, 2.45) is 11.7 Å². The van der Waals surface area contributed by atoms with E-state index in [0.29, 0.717) is 44.9 Å². The molecule has 3 heterocycles. The van der Waals surface area contributed by atoms with E-state index < -0.39 is 17.5 Å². The van der Waals surface area contributed by atoms with Gasteiger partial charge in [0.2, 0.25) is 17.7 Å². The minimum Gasteiger partial charge on any atom is -0.341 e. The van der Waals surface area contributed by atoms with Gasteiger partial charge in [-0.2, -0.15) is 0 Å². The molecule has 0 radical (unpaired) electrons. The van der Waals surface area contributed by atoms with Crippen molar-refractivity contribution < 1.29 is 14.4 Å². The Labute approximate surface area is 261 Å². The van der Waals surface area contributed by atoms with Crippen LogP contribution in [0.3, 0.4) is 0 Å². The predicted molar refractivity (Wildman–Crippen MR) is 172 cm³/mol. The summed E-state index contributed by atoms with van der Waals surface area (Å²) in [7, 11) is 0. The van der Waals surface area contributed by atoms with E-state index in [0.717, 1.165) is 48.9 Å². The van der Waals surface area contributed by atoms with Gasteiger partial charge in [0, 0.05) is 32.6 Å². The number of nitrogens with two attached hydrogens (primary N) is 1. The summed E-state index contributed by atoms with van der Waals surface area (Å²) in [6.45, 7) is 3.07. The molecule has 3 aliphatic rings. The van der Waals surface area contributed by atoms with Crippen LogP contribution >= 0.6 is 0 Å². The first-order chi connectivity index (χ1) is 21.5. The number of likely N-dealkylation sites (tertiary alicyclic amines) is 3. The molecule has 3 aromatic carbocycles. The van der Waals surface area contributed by atoms with Gasteiger partial charge in [-0.1, -0.05) is 91.0 Å². The second-order valence-electron chi connectivity index (χ2n) is 12.6. The van der Waals surface area contributed by atoms with Crippen LogP contribution in [0, 0.1) is 5.92 Å². The molecule has 3 fully saturated rings. The molecule has 0 saturated carbocycles. The number of hydrogen-bond acceptors (Lipinski definition) is 4. The van der Waals surface area contributed by atoms with Crippen molar-refractivity contribution in [3.63, 3.8) is 0 Å². The minimum atomic E-state index is -0.725. The van der Waals surface area contributed by atoms with Crippen molar-refractivity contribution >= 4 is 17.7 Å². The lowest BCUT2D eigenvalue weighted by atomic mass is 9.67. The van der Waals surface area contributed by atoms with E-state index in [9.17, 15) is 14.4 Å². The Bertz CT molecular complexity index is 1330. The van der Waals surface area contributed by atoms with Crippen LogP contribution in [0.5, 0.6) is 0 Å². The summed E-state index contributed by atoms with van der Waals surface area (Å²) in [6.07, 6.45) is 5.06. The molecule has 44 heavy (non-hydrogen) atoms. The largest absolute Gasteiger partial charge is 0.341 e. The van der Waals surface area contributed by atoms with Crippen molar-refractivity contribution in [2.45, 2.75) is 62.4 Å². The Morgan fingerprint density at radius 3 is 1.64 bits per heavy atom. The normalized spacial score (nSPS) is 22.3. The van der Waals surface area contributed by atoms with Gasteiger partial charge >= 0.3 is 0 Å². The summed E-state index contributed by atoms with van der Waals surface area (Å²) in [6, 6.07) is 29.7. The average molecular weight is 593 g/mol. The monoisotopic (exact) mass is 592 g/mol. The van der Waals surface area contributed by atoms with Gasteiger partial charge in [-0.25, -0.2) is 0 Å². The highest BCUT2D eigenvalue weighted by atomic mass is 16.2. The summed E-state index contributed by atoms with van der Waals surface area (Å²) in [5.74, 6) is 0.242. The Morgan fingerprint density at radius 1 is 0.636 bits per heavy atom.